The molecule has 4 aromatic rings. The van der Waals surface area contributed by atoms with Crippen LogP contribution in [-0.2, 0) is 16.1 Å². The summed E-state index contributed by atoms with van der Waals surface area (Å²) in [6.07, 6.45) is 2.98. The molecule has 166 valence electrons. The second-order valence-corrected chi connectivity index (χ2v) is 8.94. The minimum atomic E-state index is -0.279. The molecule has 3 aromatic heterocycles. The van der Waals surface area contributed by atoms with Crippen LogP contribution in [0.4, 0.5) is 11.4 Å². The molecule has 9 heteroatoms. The van der Waals surface area contributed by atoms with E-state index in [1.165, 1.54) is 4.90 Å². The molecule has 1 aliphatic heterocycles. The molecule has 1 saturated heterocycles. The number of thiophene rings is 1. The smallest absolute Gasteiger partial charge is 0.256 e. The van der Waals surface area contributed by atoms with Gasteiger partial charge in [-0.15, -0.1) is 11.3 Å². The first-order valence-electron chi connectivity index (χ1n) is 10.6. The SMILES string of the molecule is Cc1cc(C(=O)Nc2ccc(N3C(=O)CCCC3=O)cc2)c2cnn(Cc3cccs3)c2n1. The first kappa shape index (κ1) is 21.0. The van der Waals surface area contributed by atoms with Crippen LogP contribution in [0.3, 0.4) is 0 Å². The Kier molecular flexibility index (Phi) is 5.47. The maximum atomic E-state index is 13.1. The van der Waals surface area contributed by atoms with Crippen LogP contribution >= 0.6 is 11.3 Å². The third kappa shape index (κ3) is 4.14. The number of hydrogen-bond donors (Lipinski definition) is 1. The van der Waals surface area contributed by atoms with E-state index in [0.29, 0.717) is 53.8 Å². The zero-order valence-corrected chi connectivity index (χ0v) is 18.8. The number of hydrogen-bond acceptors (Lipinski definition) is 6. The normalized spacial score (nSPS) is 14.2. The number of nitrogens with zero attached hydrogens (tertiary/aromatic N) is 4. The van der Waals surface area contributed by atoms with Crippen LogP contribution in [0.1, 0.15) is 40.2 Å². The highest BCUT2D eigenvalue weighted by molar-refractivity contribution is 7.09. The van der Waals surface area contributed by atoms with Crippen molar-refractivity contribution in [1.29, 1.82) is 0 Å². The highest BCUT2D eigenvalue weighted by Gasteiger charge is 2.27. The number of aromatic nitrogens is 3. The van der Waals surface area contributed by atoms with Gasteiger partial charge in [0.05, 0.1) is 29.4 Å². The molecule has 8 nitrogen and oxygen atoms in total. The van der Waals surface area contributed by atoms with Gasteiger partial charge in [0, 0.05) is 29.1 Å². The summed E-state index contributed by atoms with van der Waals surface area (Å²) in [7, 11) is 0. The van der Waals surface area contributed by atoms with Crippen molar-refractivity contribution >= 4 is 51.5 Å². The van der Waals surface area contributed by atoms with E-state index in [1.807, 2.05) is 24.4 Å². The van der Waals surface area contributed by atoms with Gasteiger partial charge < -0.3 is 5.32 Å². The summed E-state index contributed by atoms with van der Waals surface area (Å²) in [5.41, 5.74) is 2.94. The topological polar surface area (TPSA) is 97.2 Å². The first-order valence-corrected chi connectivity index (χ1v) is 11.5. The number of amides is 3. The van der Waals surface area contributed by atoms with Crippen molar-refractivity contribution in [2.75, 3.05) is 10.2 Å². The van der Waals surface area contributed by atoms with Crippen LogP contribution in [0, 0.1) is 6.92 Å². The van der Waals surface area contributed by atoms with Crippen LogP contribution in [-0.4, -0.2) is 32.5 Å². The number of rotatable bonds is 5. The van der Waals surface area contributed by atoms with Crippen LogP contribution in [0.15, 0.2) is 54.0 Å². The van der Waals surface area contributed by atoms with Gasteiger partial charge in [0.1, 0.15) is 0 Å². The summed E-state index contributed by atoms with van der Waals surface area (Å²) in [6, 6.07) is 12.5. The van der Waals surface area contributed by atoms with Crippen molar-refractivity contribution in [2.24, 2.45) is 0 Å². The molecular formula is C24H21N5O3S. The fourth-order valence-electron chi connectivity index (χ4n) is 3.96. The molecule has 0 radical (unpaired) electrons. The third-order valence-electron chi connectivity index (χ3n) is 5.53. The van der Waals surface area contributed by atoms with E-state index in [-0.39, 0.29) is 17.7 Å². The average Bonchev–Trinajstić information content (AvgIpc) is 3.45. The predicted molar refractivity (Wildman–Crippen MR) is 126 cm³/mol. The number of aryl methyl sites for hydroxylation is 1. The summed E-state index contributed by atoms with van der Waals surface area (Å²) in [4.78, 5) is 44.3. The summed E-state index contributed by atoms with van der Waals surface area (Å²) in [5.74, 6) is -0.673. The number of pyridine rings is 1. The molecule has 0 aliphatic carbocycles. The number of fused-ring (bicyclic) bond motifs is 1. The van der Waals surface area contributed by atoms with Crippen molar-refractivity contribution in [1.82, 2.24) is 14.8 Å². The predicted octanol–water partition coefficient (Wildman–Crippen LogP) is 4.15. The lowest BCUT2D eigenvalue weighted by atomic mass is 10.1. The number of benzene rings is 1. The lowest BCUT2D eigenvalue weighted by molar-refractivity contribution is -0.129. The fraction of sp³-hybridized carbons (Fsp3) is 0.208. The summed E-state index contributed by atoms with van der Waals surface area (Å²) >= 11 is 1.64. The molecule has 0 atom stereocenters. The monoisotopic (exact) mass is 459 g/mol. The highest BCUT2D eigenvalue weighted by atomic mass is 32.1. The van der Waals surface area contributed by atoms with Gasteiger partial charge in [-0.1, -0.05) is 6.07 Å². The van der Waals surface area contributed by atoms with Crippen LogP contribution in [0.5, 0.6) is 0 Å². The van der Waals surface area contributed by atoms with Gasteiger partial charge in [0.15, 0.2) is 5.65 Å². The number of anilines is 2. The molecule has 1 aromatic carbocycles. The Labute approximate surface area is 193 Å². The highest BCUT2D eigenvalue weighted by Crippen LogP contribution is 2.25. The van der Waals surface area contributed by atoms with Gasteiger partial charge in [-0.25, -0.2) is 9.67 Å². The lowest BCUT2D eigenvalue weighted by Gasteiger charge is -2.25. The van der Waals surface area contributed by atoms with Crippen LogP contribution in [0.25, 0.3) is 11.0 Å². The van der Waals surface area contributed by atoms with Gasteiger partial charge in [0.25, 0.3) is 5.91 Å². The van der Waals surface area contributed by atoms with Crippen molar-refractivity contribution in [2.45, 2.75) is 32.7 Å². The second-order valence-electron chi connectivity index (χ2n) is 7.91. The third-order valence-corrected chi connectivity index (χ3v) is 6.39. The Morgan fingerprint density at radius 2 is 1.88 bits per heavy atom. The molecule has 0 saturated carbocycles. The van der Waals surface area contributed by atoms with Gasteiger partial charge in [-0.2, -0.15) is 5.10 Å². The number of piperidine rings is 1. The van der Waals surface area contributed by atoms with E-state index >= 15 is 0 Å². The summed E-state index contributed by atoms with van der Waals surface area (Å²) in [5, 5.41) is 10.0. The van der Waals surface area contributed by atoms with Gasteiger partial charge >= 0.3 is 0 Å². The Bertz CT molecular complexity index is 1340. The minimum Gasteiger partial charge on any atom is -0.322 e. The molecular weight excluding hydrogens is 438 g/mol. The van der Waals surface area contributed by atoms with Crippen LogP contribution in [0.2, 0.25) is 0 Å². The quantitative estimate of drug-likeness (QED) is 0.452. The van der Waals surface area contributed by atoms with Gasteiger partial charge in [0.2, 0.25) is 11.8 Å². The van der Waals surface area contributed by atoms with E-state index in [0.717, 1.165) is 10.6 Å². The Balaban J connectivity index is 1.38. The van der Waals surface area contributed by atoms with E-state index < -0.39 is 0 Å². The zero-order valence-electron chi connectivity index (χ0n) is 17.9. The Hall–Kier alpha value is -3.85. The maximum absolute atomic E-state index is 13.1. The largest absolute Gasteiger partial charge is 0.322 e. The molecule has 0 bridgehead atoms. The van der Waals surface area contributed by atoms with Crippen molar-refractivity contribution < 1.29 is 14.4 Å². The van der Waals surface area contributed by atoms with E-state index in [9.17, 15) is 14.4 Å². The van der Waals surface area contributed by atoms with Crippen molar-refractivity contribution in [3.05, 3.63) is 70.2 Å². The molecule has 0 spiro atoms. The van der Waals surface area contributed by atoms with E-state index in [4.69, 9.17) is 0 Å². The molecule has 1 aliphatic rings. The van der Waals surface area contributed by atoms with E-state index in [1.54, 1.807) is 52.5 Å². The van der Waals surface area contributed by atoms with Gasteiger partial charge in [-0.3, -0.25) is 19.3 Å². The Morgan fingerprint density at radius 1 is 1.12 bits per heavy atom. The zero-order chi connectivity index (χ0) is 22.9. The second kappa shape index (κ2) is 8.59. The van der Waals surface area contributed by atoms with Crippen molar-refractivity contribution in [3.63, 3.8) is 0 Å². The molecule has 1 fully saturated rings. The average molecular weight is 460 g/mol. The van der Waals surface area contributed by atoms with Crippen LogP contribution < -0.4 is 10.2 Å². The van der Waals surface area contributed by atoms with Crippen molar-refractivity contribution in [3.8, 4) is 0 Å². The summed E-state index contributed by atoms with van der Waals surface area (Å²) in [6.45, 7) is 2.44. The standard InChI is InChI=1S/C24H21N5O3S/c1-15-12-19(20-13-25-28(23(20)26-15)14-18-4-3-11-33-18)24(32)27-16-7-9-17(10-8-16)29-21(30)5-2-6-22(29)31/h3-4,7-13H,2,5-6,14H2,1H3,(H,27,32). The fourth-order valence-corrected chi connectivity index (χ4v) is 4.65. The molecule has 1 N–H and O–H groups in total. The molecule has 33 heavy (non-hydrogen) atoms. The lowest BCUT2D eigenvalue weighted by Crippen LogP contribution is -2.40. The van der Waals surface area contributed by atoms with Gasteiger partial charge in [-0.05, 0) is 55.1 Å². The minimum absolute atomic E-state index is 0.197. The molecule has 4 heterocycles. The molecule has 5 rings (SSSR count). The Morgan fingerprint density at radius 3 is 2.58 bits per heavy atom. The molecule has 3 amide bonds. The maximum Gasteiger partial charge on any atom is 0.256 e. The first-order chi connectivity index (χ1) is 16.0. The molecule has 0 unspecified atom stereocenters. The number of imide groups is 1. The van der Waals surface area contributed by atoms with E-state index in [2.05, 4.69) is 15.4 Å². The number of carbonyl (C=O) groups excluding carboxylic acids is 3. The number of nitrogens with one attached hydrogen (secondary N) is 1. The summed E-state index contributed by atoms with van der Waals surface area (Å²) < 4.78 is 1.80. The number of carbonyl (C=O) groups is 3.